The van der Waals surface area contributed by atoms with Gasteiger partial charge in [-0.3, -0.25) is 0 Å². The summed E-state index contributed by atoms with van der Waals surface area (Å²) in [5, 5.41) is 1.61. The summed E-state index contributed by atoms with van der Waals surface area (Å²) in [6.07, 6.45) is 4.23. The highest BCUT2D eigenvalue weighted by Crippen LogP contribution is 2.20. The molecule has 1 unspecified atom stereocenters. The van der Waals surface area contributed by atoms with E-state index in [1.807, 2.05) is 0 Å². The van der Waals surface area contributed by atoms with Gasteiger partial charge in [0, 0.05) is 0 Å². The Bertz CT molecular complexity index is 96.6. The zero-order valence-corrected chi connectivity index (χ0v) is 6.77. The van der Waals surface area contributed by atoms with E-state index in [0.29, 0.717) is 0 Å². The topological polar surface area (TPSA) is 0 Å². The van der Waals surface area contributed by atoms with Crippen LogP contribution in [0, 0.1) is 0 Å². The van der Waals surface area contributed by atoms with E-state index in [1.54, 1.807) is 5.20 Å². The molecule has 0 radical (unpaired) electrons. The summed E-state index contributed by atoms with van der Waals surface area (Å²) in [4.78, 5) is 0. The molecule has 0 saturated carbocycles. The lowest BCUT2D eigenvalue weighted by molar-refractivity contribution is 0.772. The first-order valence-electron chi connectivity index (χ1n) is 3.48. The van der Waals surface area contributed by atoms with E-state index in [0.717, 1.165) is 0 Å². The number of allylic oxidation sites excluding steroid dienone is 1. The molecule has 0 aromatic heterocycles. The standard InChI is InChI=1S/C7H14Si/c1-7-5-3-4-6-8(7)2/h8H,1,3-6H2,2H3. The second kappa shape index (κ2) is 2.49. The molecule has 0 N–H and O–H groups in total. The molecule has 0 amide bonds. The Hall–Kier alpha value is -0.0431. The van der Waals surface area contributed by atoms with Crippen LogP contribution in [0.2, 0.25) is 12.6 Å². The highest BCUT2D eigenvalue weighted by molar-refractivity contribution is 6.65. The van der Waals surface area contributed by atoms with Gasteiger partial charge < -0.3 is 0 Å². The largest absolute Gasteiger partial charge is 0.104 e. The maximum absolute atomic E-state index is 4.06. The fraction of sp³-hybridized carbons (Fsp3) is 0.714. The van der Waals surface area contributed by atoms with Gasteiger partial charge in [-0.05, 0) is 6.42 Å². The lowest BCUT2D eigenvalue weighted by Crippen LogP contribution is -2.14. The van der Waals surface area contributed by atoms with Gasteiger partial charge in [-0.1, -0.05) is 30.6 Å². The van der Waals surface area contributed by atoms with E-state index in [-0.39, 0.29) is 8.80 Å². The third kappa shape index (κ3) is 1.22. The molecule has 1 atom stereocenters. The fourth-order valence-electron chi connectivity index (χ4n) is 1.25. The second-order valence-corrected chi connectivity index (χ2v) is 6.00. The van der Waals surface area contributed by atoms with Crippen molar-refractivity contribution in [1.82, 2.24) is 0 Å². The van der Waals surface area contributed by atoms with Crippen LogP contribution in [0.5, 0.6) is 0 Å². The monoisotopic (exact) mass is 126 g/mol. The molecule has 1 rings (SSSR count). The zero-order valence-electron chi connectivity index (χ0n) is 5.61. The molecule has 1 aliphatic rings. The highest BCUT2D eigenvalue weighted by atomic mass is 28.3. The minimum atomic E-state index is -0.383. The van der Waals surface area contributed by atoms with Crippen molar-refractivity contribution in [1.29, 1.82) is 0 Å². The zero-order chi connectivity index (χ0) is 5.98. The second-order valence-electron chi connectivity index (χ2n) is 2.81. The van der Waals surface area contributed by atoms with Gasteiger partial charge in [-0.25, -0.2) is 0 Å². The lowest BCUT2D eigenvalue weighted by atomic mass is 10.2. The fourth-order valence-corrected chi connectivity index (χ4v) is 3.26. The van der Waals surface area contributed by atoms with Gasteiger partial charge in [-0.2, -0.15) is 0 Å². The Kier molecular flexibility index (Phi) is 1.89. The van der Waals surface area contributed by atoms with E-state index in [4.69, 9.17) is 0 Å². The Morgan fingerprint density at radius 3 is 2.62 bits per heavy atom. The summed E-state index contributed by atoms with van der Waals surface area (Å²) >= 11 is 0. The molecule has 46 valence electrons. The molecular formula is C7H14Si. The molecule has 0 bridgehead atoms. The average Bonchev–Trinajstić information content (AvgIpc) is 1.77. The van der Waals surface area contributed by atoms with Crippen molar-refractivity contribution < 1.29 is 0 Å². The van der Waals surface area contributed by atoms with E-state index in [2.05, 4.69) is 13.1 Å². The smallest absolute Gasteiger partial charge is 0.0618 e. The van der Waals surface area contributed by atoms with Crippen LogP contribution in [0.4, 0.5) is 0 Å². The molecule has 1 aliphatic heterocycles. The first kappa shape index (κ1) is 6.08. The predicted molar refractivity (Wildman–Crippen MR) is 40.8 cm³/mol. The molecule has 8 heavy (non-hydrogen) atoms. The summed E-state index contributed by atoms with van der Waals surface area (Å²) in [7, 11) is -0.383. The quantitative estimate of drug-likeness (QED) is 0.436. The molecular weight excluding hydrogens is 112 g/mol. The normalized spacial score (nSPS) is 30.6. The summed E-state index contributed by atoms with van der Waals surface area (Å²) in [6.45, 7) is 6.48. The molecule has 0 aromatic rings. The molecule has 1 heterocycles. The van der Waals surface area contributed by atoms with Crippen molar-refractivity contribution in [3.63, 3.8) is 0 Å². The molecule has 0 aliphatic carbocycles. The number of hydrogen-bond acceptors (Lipinski definition) is 0. The predicted octanol–water partition coefficient (Wildman–Crippen LogP) is 2.12. The van der Waals surface area contributed by atoms with Gasteiger partial charge in [0.05, 0.1) is 8.80 Å². The summed E-state index contributed by atoms with van der Waals surface area (Å²) in [5.74, 6) is 0. The van der Waals surface area contributed by atoms with Gasteiger partial charge in [0.2, 0.25) is 0 Å². The van der Waals surface area contributed by atoms with E-state index < -0.39 is 0 Å². The number of rotatable bonds is 0. The van der Waals surface area contributed by atoms with E-state index in [1.165, 1.54) is 25.3 Å². The summed E-state index contributed by atoms with van der Waals surface area (Å²) in [5.41, 5.74) is 0. The van der Waals surface area contributed by atoms with Gasteiger partial charge in [-0.15, -0.1) is 6.58 Å². The SMILES string of the molecule is C=C1CCCC[SiH]1C. The maximum Gasteiger partial charge on any atom is 0.0618 e. The van der Waals surface area contributed by atoms with E-state index in [9.17, 15) is 0 Å². The Morgan fingerprint density at radius 2 is 2.25 bits per heavy atom. The Labute approximate surface area is 53.2 Å². The molecule has 1 heteroatoms. The molecule has 0 aromatic carbocycles. The van der Waals surface area contributed by atoms with Crippen LogP contribution in [0.25, 0.3) is 0 Å². The Morgan fingerprint density at radius 1 is 1.50 bits per heavy atom. The van der Waals surface area contributed by atoms with Crippen molar-refractivity contribution in [3.8, 4) is 0 Å². The van der Waals surface area contributed by atoms with Crippen LogP contribution < -0.4 is 0 Å². The molecule has 0 nitrogen and oxygen atoms in total. The van der Waals surface area contributed by atoms with Crippen LogP contribution in [-0.2, 0) is 0 Å². The average molecular weight is 126 g/mol. The summed E-state index contributed by atoms with van der Waals surface area (Å²) in [6, 6.07) is 1.51. The maximum atomic E-state index is 4.06. The lowest BCUT2D eigenvalue weighted by Gasteiger charge is -2.18. The van der Waals surface area contributed by atoms with Gasteiger partial charge >= 0.3 is 0 Å². The van der Waals surface area contributed by atoms with Gasteiger partial charge in [0.1, 0.15) is 0 Å². The van der Waals surface area contributed by atoms with Crippen molar-refractivity contribution >= 4 is 8.80 Å². The van der Waals surface area contributed by atoms with Gasteiger partial charge in [0.15, 0.2) is 0 Å². The van der Waals surface area contributed by atoms with E-state index >= 15 is 0 Å². The van der Waals surface area contributed by atoms with Crippen molar-refractivity contribution in [2.45, 2.75) is 31.9 Å². The third-order valence-electron chi connectivity index (χ3n) is 2.08. The van der Waals surface area contributed by atoms with Crippen molar-refractivity contribution in [2.24, 2.45) is 0 Å². The molecule has 0 spiro atoms. The first-order chi connectivity index (χ1) is 3.80. The van der Waals surface area contributed by atoms with Crippen LogP contribution in [0.3, 0.4) is 0 Å². The van der Waals surface area contributed by atoms with Crippen molar-refractivity contribution in [2.75, 3.05) is 0 Å². The first-order valence-corrected chi connectivity index (χ1v) is 6.03. The summed E-state index contributed by atoms with van der Waals surface area (Å²) < 4.78 is 0. The molecule has 1 fully saturated rings. The molecule has 1 saturated heterocycles. The van der Waals surface area contributed by atoms with Crippen LogP contribution in [-0.4, -0.2) is 8.80 Å². The van der Waals surface area contributed by atoms with Crippen molar-refractivity contribution in [3.05, 3.63) is 11.8 Å². The highest BCUT2D eigenvalue weighted by Gasteiger charge is 2.12. The van der Waals surface area contributed by atoms with Gasteiger partial charge in [0.25, 0.3) is 0 Å². The van der Waals surface area contributed by atoms with Crippen LogP contribution in [0.15, 0.2) is 11.8 Å². The minimum Gasteiger partial charge on any atom is -0.104 e. The Balaban J connectivity index is 2.39. The van der Waals surface area contributed by atoms with Crippen LogP contribution in [0.1, 0.15) is 19.3 Å². The minimum absolute atomic E-state index is 0.383. The number of hydrogen-bond donors (Lipinski definition) is 0. The third-order valence-corrected chi connectivity index (χ3v) is 5.04. The van der Waals surface area contributed by atoms with Crippen LogP contribution >= 0.6 is 0 Å².